The molecular weight excluding hydrogens is 428 g/mol. The molecule has 0 N–H and O–H groups in total. The number of halogens is 2. The van der Waals surface area contributed by atoms with Gasteiger partial charge in [0.2, 0.25) is 0 Å². The summed E-state index contributed by atoms with van der Waals surface area (Å²) in [6.45, 7) is 10.6. The van der Waals surface area contributed by atoms with Crippen molar-refractivity contribution in [1.29, 1.82) is 0 Å². The van der Waals surface area contributed by atoms with Gasteiger partial charge in [0.1, 0.15) is 18.9 Å². The molecule has 9 heteroatoms. The summed E-state index contributed by atoms with van der Waals surface area (Å²) in [4.78, 5) is 10.8. The van der Waals surface area contributed by atoms with Gasteiger partial charge in [-0.2, -0.15) is 5.10 Å². The van der Waals surface area contributed by atoms with Gasteiger partial charge in [-0.1, -0.05) is 31.3 Å². The third-order valence-electron chi connectivity index (χ3n) is 5.82. The number of piperidine rings is 1. The Balaban J connectivity index is 1.64. The molecule has 0 saturated carbocycles. The molecule has 6 nitrogen and oxygen atoms in total. The van der Waals surface area contributed by atoms with E-state index in [1.165, 1.54) is 6.33 Å². The molecule has 0 bridgehead atoms. The highest BCUT2D eigenvalue weighted by molar-refractivity contribution is 6.76. The number of nitrogens with zero attached hydrogens (tertiary/aromatic N) is 5. The van der Waals surface area contributed by atoms with Crippen LogP contribution in [0.15, 0.2) is 30.6 Å². The largest absolute Gasteiger partial charge is 0.360 e. The van der Waals surface area contributed by atoms with Crippen molar-refractivity contribution in [3.63, 3.8) is 0 Å². The van der Waals surface area contributed by atoms with Crippen LogP contribution in [0.25, 0.3) is 22.3 Å². The number of hydrogen-bond acceptors (Lipinski definition) is 5. The van der Waals surface area contributed by atoms with Crippen molar-refractivity contribution in [3.8, 4) is 11.4 Å². The van der Waals surface area contributed by atoms with Gasteiger partial charge >= 0.3 is 0 Å². The molecule has 1 aliphatic heterocycles. The summed E-state index contributed by atoms with van der Waals surface area (Å²) < 4.78 is 35.0. The summed E-state index contributed by atoms with van der Waals surface area (Å²) in [5.41, 5.74) is 3.58. The van der Waals surface area contributed by atoms with Crippen LogP contribution in [0.4, 0.5) is 14.6 Å². The predicted octanol–water partition coefficient (Wildman–Crippen LogP) is 5.35. The number of aromatic nitrogens is 4. The number of hydrogen-bond donors (Lipinski definition) is 0. The fourth-order valence-corrected chi connectivity index (χ4v) is 4.61. The molecule has 3 heterocycles. The molecule has 1 fully saturated rings. The fourth-order valence-electron chi connectivity index (χ4n) is 3.85. The minimum atomic E-state index is -2.59. The average molecular weight is 460 g/mol. The third-order valence-corrected chi connectivity index (χ3v) is 7.52. The smallest absolute Gasteiger partial charge is 0.251 e. The lowest BCUT2D eigenvalue weighted by atomic mass is 10.1. The number of benzene rings is 1. The standard InChI is InChI=1S/C23H31F2N5OSi/c1-17-5-6-19-18(13-17)22(30(28-19)16-31-11-12-32(2,3)4)20-14-21(27-15-26-20)29-9-7-23(24,25)8-10-29/h5-6,13-15H,7-12,16H2,1-4H3. The first-order valence-electron chi connectivity index (χ1n) is 11.1. The number of aryl methyl sites for hydroxylation is 1. The molecule has 0 aliphatic carbocycles. The van der Waals surface area contributed by atoms with E-state index in [2.05, 4.69) is 35.7 Å². The Hall–Kier alpha value is -2.39. The first-order valence-corrected chi connectivity index (χ1v) is 14.8. The summed E-state index contributed by atoms with van der Waals surface area (Å²) >= 11 is 0. The molecule has 0 spiro atoms. The van der Waals surface area contributed by atoms with E-state index in [1.807, 2.05) is 34.7 Å². The minimum Gasteiger partial charge on any atom is -0.360 e. The molecule has 0 radical (unpaired) electrons. The molecule has 1 saturated heterocycles. The lowest BCUT2D eigenvalue weighted by Gasteiger charge is -2.32. The molecule has 0 amide bonds. The van der Waals surface area contributed by atoms with Gasteiger partial charge in [0.15, 0.2) is 0 Å². The highest BCUT2D eigenvalue weighted by Crippen LogP contribution is 2.33. The van der Waals surface area contributed by atoms with Crippen LogP contribution in [0.1, 0.15) is 18.4 Å². The second kappa shape index (κ2) is 8.86. The summed E-state index contributed by atoms with van der Waals surface area (Å²) in [5, 5.41) is 5.75. The normalized spacial score (nSPS) is 16.6. The van der Waals surface area contributed by atoms with E-state index in [-0.39, 0.29) is 25.9 Å². The number of anilines is 1. The molecule has 1 aromatic carbocycles. The van der Waals surface area contributed by atoms with Gasteiger partial charge < -0.3 is 9.64 Å². The van der Waals surface area contributed by atoms with Crippen LogP contribution in [0.3, 0.4) is 0 Å². The number of ether oxygens (including phenoxy) is 1. The van der Waals surface area contributed by atoms with Crippen molar-refractivity contribution >= 4 is 24.8 Å². The van der Waals surface area contributed by atoms with Crippen LogP contribution in [-0.2, 0) is 11.5 Å². The maximum absolute atomic E-state index is 13.6. The van der Waals surface area contributed by atoms with Crippen molar-refractivity contribution in [2.24, 2.45) is 0 Å². The molecule has 1 aliphatic rings. The van der Waals surface area contributed by atoms with E-state index in [1.54, 1.807) is 0 Å². The van der Waals surface area contributed by atoms with Gasteiger partial charge in [-0.05, 0) is 25.1 Å². The molecule has 0 atom stereocenters. The summed E-state index contributed by atoms with van der Waals surface area (Å²) in [5.74, 6) is -1.93. The zero-order chi connectivity index (χ0) is 22.9. The van der Waals surface area contributed by atoms with Crippen LogP contribution < -0.4 is 4.90 Å². The maximum Gasteiger partial charge on any atom is 0.251 e. The Bertz CT molecular complexity index is 1090. The highest BCUT2D eigenvalue weighted by Gasteiger charge is 2.34. The monoisotopic (exact) mass is 459 g/mol. The van der Waals surface area contributed by atoms with Gasteiger partial charge in [0.25, 0.3) is 5.92 Å². The Morgan fingerprint density at radius 3 is 2.56 bits per heavy atom. The SMILES string of the molecule is Cc1ccc2nn(COCC[Si](C)(C)C)c(-c3cc(N4CCC(F)(F)CC4)ncn3)c2c1. The molecule has 4 rings (SSSR count). The van der Waals surface area contributed by atoms with Gasteiger partial charge in [-0.15, -0.1) is 0 Å². The van der Waals surface area contributed by atoms with E-state index in [9.17, 15) is 8.78 Å². The number of alkyl halides is 2. The van der Waals surface area contributed by atoms with E-state index in [0.29, 0.717) is 24.8 Å². The van der Waals surface area contributed by atoms with Gasteiger partial charge in [-0.3, -0.25) is 0 Å². The molecule has 0 unspecified atom stereocenters. The zero-order valence-electron chi connectivity index (χ0n) is 19.2. The Kier molecular flexibility index (Phi) is 6.31. The second-order valence-electron chi connectivity index (χ2n) is 9.82. The van der Waals surface area contributed by atoms with Crippen LogP contribution in [0, 0.1) is 6.92 Å². The number of fused-ring (bicyclic) bond motifs is 1. The Labute approximate surface area is 188 Å². The maximum atomic E-state index is 13.6. The summed E-state index contributed by atoms with van der Waals surface area (Å²) in [6.07, 6.45) is 1.19. The van der Waals surface area contributed by atoms with E-state index >= 15 is 0 Å². The first-order chi connectivity index (χ1) is 15.1. The quantitative estimate of drug-likeness (QED) is 0.352. The summed E-state index contributed by atoms with van der Waals surface area (Å²) in [7, 11) is -1.18. The predicted molar refractivity (Wildman–Crippen MR) is 126 cm³/mol. The van der Waals surface area contributed by atoms with Gasteiger partial charge in [0.05, 0.1) is 16.9 Å². The van der Waals surface area contributed by atoms with Gasteiger partial charge in [0, 0.05) is 52.1 Å². The van der Waals surface area contributed by atoms with Crippen LogP contribution in [-0.4, -0.2) is 53.4 Å². The highest BCUT2D eigenvalue weighted by atomic mass is 28.3. The molecule has 3 aromatic rings. The molecule has 32 heavy (non-hydrogen) atoms. The van der Waals surface area contributed by atoms with Crippen molar-refractivity contribution in [1.82, 2.24) is 19.7 Å². The fraction of sp³-hybridized carbons (Fsp3) is 0.522. The van der Waals surface area contributed by atoms with E-state index in [4.69, 9.17) is 9.84 Å². The second-order valence-corrected chi connectivity index (χ2v) is 15.4. The molecule has 172 valence electrons. The third kappa shape index (κ3) is 5.32. The Morgan fingerprint density at radius 2 is 1.84 bits per heavy atom. The van der Waals surface area contributed by atoms with E-state index < -0.39 is 14.0 Å². The zero-order valence-corrected chi connectivity index (χ0v) is 20.2. The van der Waals surface area contributed by atoms with Gasteiger partial charge in [-0.25, -0.2) is 23.4 Å². The van der Waals surface area contributed by atoms with Crippen LogP contribution in [0.5, 0.6) is 0 Å². The van der Waals surface area contributed by atoms with E-state index in [0.717, 1.165) is 28.2 Å². The summed E-state index contributed by atoms with van der Waals surface area (Å²) in [6, 6.07) is 9.09. The molecule has 2 aromatic heterocycles. The van der Waals surface area contributed by atoms with Crippen LogP contribution in [0.2, 0.25) is 25.7 Å². The number of rotatable bonds is 7. The van der Waals surface area contributed by atoms with Crippen molar-refractivity contribution < 1.29 is 13.5 Å². The average Bonchev–Trinajstić information content (AvgIpc) is 3.08. The lowest BCUT2D eigenvalue weighted by Crippen LogP contribution is -2.39. The Morgan fingerprint density at radius 1 is 1.09 bits per heavy atom. The minimum absolute atomic E-state index is 0.155. The van der Waals surface area contributed by atoms with Crippen LogP contribution >= 0.6 is 0 Å². The van der Waals surface area contributed by atoms with Crippen molar-refractivity contribution in [3.05, 3.63) is 36.2 Å². The van der Waals surface area contributed by atoms with Crippen molar-refractivity contribution in [2.75, 3.05) is 24.6 Å². The van der Waals surface area contributed by atoms with Crippen molar-refractivity contribution in [2.45, 2.75) is 58.1 Å². The molecular formula is C23H31F2N5OSi. The lowest BCUT2D eigenvalue weighted by molar-refractivity contribution is -0.0221. The first kappa shape index (κ1) is 22.8. The topological polar surface area (TPSA) is 56.1 Å².